The summed E-state index contributed by atoms with van der Waals surface area (Å²) in [5.41, 5.74) is 0. The molecular weight excluding hydrogens is 248 g/mol. The second-order valence-corrected chi connectivity index (χ2v) is 6.05. The highest BCUT2D eigenvalue weighted by Crippen LogP contribution is 2.10. The van der Waals surface area contributed by atoms with Crippen molar-refractivity contribution in [3.63, 3.8) is 0 Å². The van der Waals surface area contributed by atoms with Gasteiger partial charge in [0.1, 0.15) is 0 Å². The van der Waals surface area contributed by atoms with Gasteiger partial charge in [0.15, 0.2) is 0 Å². The first kappa shape index (κ1) is 15.3. The van der Waals surface area contributed by atoms with Crippen LogP contribution in [0.2, 0.25) is 0 Å². The predicted octanol–water partition coefficient (Wildman–Crippen LogP) is 2.37. The number of anilines is 1. The van der Waals surface area contributed by atoms with Gasteiger partial charge in [0, 0.05) is 11.8 Å². The van der Waals surface area contributed by atoms with Gasteiger partial charge >= 0.3 is 6.01 Å². The molecule has 0 fully saturated rings. The summed E-state index contributed by atoms with van der Waals surface area (Å²) in [6, 6.07) is 0.854. The normalized spacial score (nSPS) is 12.9. The number of nitrogens with zero attached hydrogens (tertiary/aromatic N) is 2. The fraction of sp³-hybridized carbons (Fsp3) is 0.833. The van der Waals surface area contributed by atoms with E-state index in [1.54, 1.807) is 0 Å². The van der Waals surface area contributed by atoms with Gasteiger partial charge < -0.3 is 15.1 Å². The first-order chi connectivity index (χ1) is 8.61. The van der Waals surface area contributed by atoms with Crippen LogP contribution >= 0.6 is 11.8 Å². The summed E-state index contributed by atoms with van der Waals surface area (Å²) in [4.78, 5) is 0. The molecule has 1 unspecified atom stereocenters. The Hall–Kier alpha value is -0.750. The van der Waals surface area contributed by atoms with Gasteiger partial charge in [-0.25, -0.2) is 0 Å². The summed E-state index contributed by atoms with van der Waals surface area (Å²) in [6.45, 7) is 10.2. The van der Waals surface area contributed by atoms with E-state index in [1.807, 2.05) is 11.8 Å². The molecule has 6 heteroatoms. The van der Waals surface area contributed by atoms with Gasteiger partial charge in [0.25, 0.3) is 0 Å². The molecule has 0 aromatic carbocycles. The fourth-order valence-electron chi connectivity index (χ4n) is 1.40. The second kappa shape index (κ2) is 8.37. The summed E-state index contributed by atoms with van der Waals surface area (Å²) >= 11 is 1.89. The molecule has 1 aromatic rings. The number of aromatic nitrogens is 2. The summed E-state index contributed by atoms with van der Waals surface area (Å²) in [5, 5.41) is 14.5. The van der Waals surface area contributed by atoms with Crippen molar-refractivity contribution in [3.8, 4) is 0 Å². The van der Waals surface area contributed by atoms with Crippen molar-refractivity contribution in [2.24, 2.45) is 5.92 Å². The molecule has 104 valence electrons. The summed E-state index contributed by atoms with van der Waals surface area (Å²) in [6.07, 6.45) is 0. The van der Waals surface area contributed by atoms with Crippen LogP contribution in [0, 0.1) is 5.92 Å². The van der Waals surface area contributed by atoms with Gasteiger partial charge in [-0.1, -0.05) is 25.9 Å². The van der Waals surface area contributed by atoms with Crippen molar-refractivity contribution in [2.75, 3.05) is 23.4 Å². The quantitative estimate of drug-likeness (QED) is 0.719. The average molecular weight is 272 g/mol. The Morgan fingerprint density at radius 1 is 1.28 bits per heavy atom. The largest absolute Gasteiger partial charge is 0.407 e. The lowest BCUT2D eigenvalue weighted by Gasteiger charge is -2.09. The van der Waals surface area contributed by atoms with E-state index >= 15 is 0 Å². The first-order valence-corrected chi connectivity index (χ1v) is 7.64. The lowest BCUT2D eigenvalue weighted by Crippen LogP contribution is -2.19. The zero-order valence-electron chi connectivity index (χ0n) is 11.7. The zero-order chi connectivity index (χ0) is 13.4. The average Bonchev–Trinajstić information content (AvgIpc) is 2.73. The van der Waals surface area contributed by atoms with Crippen molar-refractivity contribution < 1.29 is 4.42 Å². The van der Waals surface area contributed by atoms with Gasteiger partial charge in [0.2, 0.25) is 5.89 Å². The molecule has 0 aliphatic carbocycles. The Kier molecular flexibility index (Phi) is 7.12. The number of nitrogens with one attached hydrogen (secondary N) is 2. The number of hydrogen-bond acceptors (Lipinski definition) is 6. The molecule has 0 saturated carbocycles. The van der Waals surface area contributed by atoms with Crippen LogP contribution in [0.3, 0.4) is 0 Å². The van der Waals surface area contributed by atoms with Crippen LogP contribution < -0.4 is 10.6 Å². The maximum Gasteiger partial charge on any atom is 0.315 e. The van der Waals surface area contributed by atoms with E-state index in [1.165, 1.54) is 0 Å². The van der Waals surface area contributed by atoms with Crippen LogP contribution in [0.15, 0.2) is 4.42 Å². The summed E-state index contributed by atoms with van der Waals surface area (Å²) < 4.78 is 5.51. The van der Waals surface area contributed by atoms with Crippen molar-refractivity contribution in [1.29, 1.82) is 0 Å². The Balaban J connectivity index is 2.29. The van der Waals surface area contributed by atoms with Crippen LogP contribution in [0.5, 0.6) is 0 Å². The standard InChI is InChI=1S/C12H24N4OS/c1-5-18-8-10(4)14-12-16-15-11(17-12)7-13-6-9(2)3/h9-10,13H,5-8H2,1-4H3,(H,14,16). The highest BCUT2D eigenvalue weighted by Gasteiger charge is 2.08. The van der Waals surface area contributed by atoms with E-state index < -0.39 is 0 Å². The molecule has 0 aliphatic rings. The lowest BCUT2D eigenvalue weighted by atomic mass is 10.2. The summed E-state index contributed by atoms with van der Waals surface area (Å²) in [5.74, 6) is 3.42. The maximum absolute atomic E-state index is 5.51. The van der Waals surface area contributed by atoms with Gasteiger partial charge in [0.05, 0.1) is 6.54 Å². The van der Waals surface area contributed by atoms with Gasteiger partial charge in [-0.2, -0.15) is 11.8 Å². The zero-order valence-corrected chi connectivity index (χ0v) is 12.5. The van der Waals surface area contributed by atoms with Crippen LogP contribution in [-0.2, 0) is 6.54 Å². The molecule has 2 N–H and O–H groups in total. The topological polar surface area (TPSA) is 63.0 Å². The molecule has 0 radical (unpaired) electrons. The minimum absolute atomic E-state index is 0.340. The van der Waals surface area contributed by atoms with Crippen LogP contribution in [0.1, 0.15) is 33.6 Å². The lowest BCUT2D eigenvalue weighted by molar-refractivity contribution is 0.457. The van der Waals surface area contributed by atoms with E-state index in [9.17, 15) is 0 Å². The highest BCUT2D eigenvalue weighted by molar-refractivity contribution is 7.99. The van der Waals surface area contributed by atoms with Crippen LogP contribution in [0.4, 0.5) is 6.01 Å². The van der Waals surface area contributed by atoms with Crippen molar-refractivity contribution >= 4 is 17.8 Å². The second-order valence-electron chi connectivity index (χ2n) is 4.73. The third-order valence-electron chi connectivity index (χ3n) is 2.24. The third-order valence-corrected chi connectivity index (χ3v) is 3.38. The minimum Gasteiger partial charge on any atom is -0.407 e. The number of rotatable bonds is 9. The number of hydrogen-bond donors (Lipinski definition) is 2. The molecule has 0 amide bonds. The molecule has 1 rings (SSSR count). The molecule has 1 heterocycles. The Morgan fingerprint density at radius 2 is 2.06 bits per heavy atom. The molecule has 18 heavy (non-hydrogen) atoms. The van der Waals surface area contributed by atoms with E-state index in [0.717, 1.165) is 18.1 Å². The fourth-order valence-corrected chi connectivity index (χ4v) is 2.07. The third kappa shape index (κ3) is 6.26. The Bertz CT molecular complexity index is 330. The Labute approximate surface area is 114 Å². The Morgan fingerprint density at radius 3 is 2.72 bits per heavy atom. The molecule has 0 spiro atoms. The van der Waals surface area contributed by atoms with E-state index in [0.29, 0.717) is 30.4 Å². The van der Waals surface area contributed by atoms with Gasteiger partial charge in [-0.05, 0) is 25.1 Å². The monoisotopic (exact) mass is 272 g/mol. The van der Waals surface area contributed by atoms with E-state index in [4.69, 9.17) is 4.42 Å². The van der Waals surface area contributed by atoms with Crippen LogP contribution in [0.25, 0.3) is 0 Å². The van der Waals surface area contributed by atoms with Gasteiger partial charge in [-0.15, -0.1) is 5.10 Å². The number of thioether (sulfide) groups is 1. The van der Waals surface area contributed by atoms with Crippen molar-refractivity contribution in [1.82, 2.24) is 15.5 Å². The van der Waals surface area contributed by atoms with E-state index in [-0.39, 0.29) is 0 Å². The molecule has 0 saturated heterocycles. The molecule has 0 bridgehead atoms. The smallest absolute Gasteiger partial charge is 0.315 e. The van der Waals surface area contributed by atoms with Gasteiger partial charge in [-0.3, -0.25) is 0 Å². The molecule has 5 nitrogen and oxygen atoms in total. The van der Waals surface area contributed by atoms with Crippen molar-refractivity contribution in [2.45, 2.75) is 40.3 Å². The molecule has 1 aromatic heterocycles. The predicted molar refractivity (Wildman–Crippen MR) is 76.9 cm³/mol. The van der Waals surface area contributed by atoms with E-state index in [2.05, 4.69) is 48.5 Å². The van der Waals surface area contributed by atoms with Crippen molar-refractivity contribution in [3.05, 3.63) is 5.89 Å². The SMILES string of the molecule is CCSCC(C)Nc1nnc(CNCC(C)C)o1. The first-order valence-electron chi connectivity index (χ1n) is 6.49. The minimum atomic E-state index is 0.340. The van der Waals surface area contributed by atoms with Crippen LogP contribution in [-0.4, -0.2) is 34.3 Å². The molecular formula is C12H24N4OS. The maximum atomic E-state index is 5.51. The highest BCUT2D eigenvalue weighted by atomic mass is 32.2. The molecule has 1 atom stereocenters. The molecule has 0 aliphatic heterocycles. The summed E-state index contributed by atoms with van der Waals surface area (Å²) in [7, 11) is 0.